The summed E-state index contributed by atoms with van der Waals surface area (Å²) in [5.41, 5.74) is 2.23. The van der Waals surface area contributed by atoms with Gasteiger partial charge >= 0.3 is 0 Å². The maximum absolute atomic E-state index is 13.4. The van der Waals surface area contributed by atoms with E-state index >= 15 is 0 Å². The molecule has 2 saturated heterocycles. The molecule has 0 radical (unpaired) electrons. The van der Waals surface area contributed by atoms with Gasteiger partial charge in [-0.05, 0) is 61.1 Å². The minimum Gasteiger partial charge on any atom is -0.325 e. The van der Waals surface area contributed by atoms with Crippen LogP contribution < -0.4 is 9.80 Å². The molecule has 0 aromatic heterocycles. The van der Waals surface area contributed by atoms with Gasteiger partial charge in [0.25, 0.3) is 0 Å². The van der Waals surface area contributed by atoms with Crippen LogP contribution in [0.2, 0.25) is 0 Å². The van der Waals surface area contributed by atoms with Crippen molar-refractivity contribution < 1.29 is 18.6 Å². The molecule has 0 spiro atoms. The van der Waals surface area contributed by atoms with Crippen molar-refractivity contribution in [1.29, 1.82) is 0 Å². The Labute approximate surface area is 167 Å². The maximum Gasteiger partial charge on any atom is 0.137 e. The summed E-state index contributed by atoms with van der Waals surface area (Å²) >= 11 is 0. The van der Waals surface area contributed by atoms with Crippen LogP contribution in [-0.4, -0.2) is 38.8 Å². The quantitative estimate of drug-likeness (QED) is 0.753. The molecule has 0 bridgehead atoms. The van der Waals surface area contributed by atoms with E-state index < -0.39 is 0 Å². The van der Waals surface area contributed by atoms with E-state index in [4.69, 9.17) is 0 Å². The van der Waals surface area contributed by atoms with Gasteiger partial charge in [-0.15, -0.1) is 0 Å². The van der Waals surface area contributed by atoms with Gasteiger partial charge in [0.15, 0.2) is 0 Å². The maximum atomic E-state index is 13.4. The van der Waals surface area contributed by atoms with E-state index in [0.29, 0.717) is 0 Å². The number of piperidine rings is 1. The second kappa shape index (κ2) is 9.15. The predicted octanol–water partition coefficient (Wildman–Crippen LogP) is 2.21. The van der Waals surface area contributed by atoms with Gasteiger partial charge in [-0.3, -0.25) is 0 Å². The van der Waals surface area contributed by atoms with Crippen LogP contribution in [0.1, 0.15) is 49.1 Å². The summed E-state index contributed by atoms with van der Waals surface area (Å²) in [7, 11) is 0. The van der Waals surface area contributed by atoms with Gasteiger partial charge in [0.05, 0.1) is 13.1 Å². The van der Waals surface area contributed by atoms with Crippen molar-refractivity contribution in [3.8, 4) is 0 Å². The lowest BCUT2D eigenvalue weighted by atomic mass is 9.87. The topological polar surface area (TPSA) is 8.88 Å². The van der Waals surface area contributed by atoms with Gasteiger partial charge in [-0.25, -0.2) is 8.78 Å². The highest BCUT2D eigenvalue weighted by atomic mass is 19.1. The summed E-state index contributed by atoms with van der Waals surface area (Å²) in [6.07, 6.45) is 6.35. The summed E-state index contributed by atoms with van der Waals surface area (Å²) < 4.78 is 26.8. The van der Waals surface area contributed by atoms with Crippen LogP contribution in [0.15, 0.2) is 48.5 Å². The van der Waals surface area contributed by atoms with Crippen LogP contribution in [0.4, 0.5) is 8.78 Å². The molecule has 4 heteroatoms. The fourth-order valence-electron chi connectivity index (χ4n) is 5.21. The third kappa shape index (κ3) is 4.79. The van der Waals surface area contributed by atoms with Crippen molar-refractivity contribution in [2.45, 2.75) is 44.1 Å². The van der Waals surface area contributed by atoms with Crippen molar-refractivity contribution in [3.63, 3.8) is 0 Å². The lowest BCUT2D eigenvalue weighted by Gasteiger charge is -2.39. The largest absolute Gasteiger partial charge is 0.325 e. The van der Waals surface area contributed by atoms with E-state index in [1.54, 1.807) is 4.90 Å². The molecule has 2 N–H and O–H groups in total. The van der Waals surface area contributed by atoms with E-state index in [2.05, 4.69) is 0 Å². The van der Waals surface area contributed by atoms with Gasteiger partial charge in [0, 0.05) is 12.3 Å². The Kier molecular flexibility index (Phi) is 6.38. The molecule has 3 atom stereocenters. The first-order chi connectivity index (χ1) is 13.7. The second-order valence-corrected chi connectivity index (χ2v) is 8.60. The summed E-state index contributed by atoms with van der Waals surface area (Å²) in [5, 5.41) is 0. The first-order valence-electron chi connectivity index (χ1n) is 10.9. The summed E-state index contributed by atoms with van der Waals surface area (Å²) in [6, 6.07) is 14.5. The fourth-order valence-corrected chi connectivity index (χ4v) is 5.21. The molecule has 2 nitrogen and oxygen atoms in total. The zero-order valence-electron chi connectivity index (χ0n) is 16.6. The highest BCUT2D eigenvalue weighted by molar-refractivity contribution is 5.32. The Bertz CT molecular complexity index is 699. The minimum absolute atomic E-state index is 0.196. The average molecular weight is 387 g/mol. The predicted molar refractivity (Wildman–Crippen MR) is 108 cm³/mol. The van der Waals surface area contributed by atoms with Gasteiger partial charge in [-0.1, -0.05) is 24.3 Å². The molecule has 0 aliphatic carbocycles. The number of piperazine rings is 1. The van der Waals surface area contributed by atoms with E-state index in [-0.39, 0.29) is 17.6 Å². The van der Waals surface area contributed by atoms with Crippen molar-refractivity contribution in [2.24, 2.45) is 0 Å². The SMILES string of the molecule is Fc1ccc(C(CCC[NH+]2CC[NH+]3CCCCC3C2)c2ccc(F)cc2)cc1. The molecule has 0 saturated carbocycles. The molecule has 4 rings (SSSR count). The number of benzene rings is 2. The Morgan fingerprint density at radius 3 is 2.11 bits per heavy atom. The summed E-state index contributed by atoms with van der Waals surface area (Å²) in [4.78, 5) is 3.58. The normalized spacial score (nSPS) is 24.9. The number of rotatable bonds is 6. The Morgan fingerprint density at radius 1 is 0.821 bits per heavy atom. The van der Waals surface area contributed by atoms with E-state index in [9.17, 15) is 8.78 Å². The van der Waals surface area contributed by atoms with Gasteiger partial charge in [0.2, 0.25) is 0 Å². The van der Waals surface area contributed by atoms with Gasteiger partial charge in [0.1, 0.15) is 37.3 Å². The summed E-state index contributed by atoms with van der Waals surface area (Å²) in [5.74, 6) is -0.222. The Hall–Kier alpha value is -1.78. The number of hydrogen-bond acceptors (Lipinski definition) is 0. The number of nitrogens with one attached hydrogen (secondary N) is 2. The van der Waals surface area contributed by atoms with Crippen LogP contribution in [0.3, 0.4) is 0 Å². The summed E-state index contributed by atoms with van der Waals surface area (Å²) in [6.45, 7) is 6.48. The van der Waals surface area contributed by atoms with Crippen molar-refractivity contribution in [2.75, 3.05) is 32.7 Å². The second-order valence-electron chi connectivity index (χ2n) is 8.60. The Morgan fingerprint density at radius 2 is 1.46 bits per heavy atom. The molecule has 2 aromatic carbocycles. The van der Waals surface area contributed by atoms with Crippen LogP contribution in [-0.2, 0) is 0 Å². The van der Waals surface area contributed by atoms with Gasteiger partial charge in [-0.2, -0.15) is 0 Å². The number of halogens is 2. The molecular formula is C24H32F2N2+2. The van der Waals surface area contributed by atoms with E-state index in [1.807, 2.05) is 29.2 Å². The molecular weight excluding hydrogens is 354 g/mol. The zero-order valence-corrected chi connectivity index (χ0v) is 16.6. The molecule has 28 heavy (non-hydrogen) atoms. The standard InChI is InChI=1S/C24H30F2N2/c25-21-10-6-19(7-11-21)24(20-8-12-22(26)13-9-20)5-3-14-27-16-17-28-15-2-1-4-23(28)18-27/h6-13,23-24H,1-5,14-18H2/p+2. The molecule has 0 amide bonds. The number of hydrogen-bond donors (Lipinski definition) is 2. The fraction of sp³-hybridized carbons (Fsp3) is 0.500. The van der Waals surface area contributed by atoms with E-state index in [1.165, 1.54) is 76.3 Å². The van der Waals surface area contributed by atoms with E-state index in [0.717, 1.165) is 30.0 Å². The first-order valence-corrected chi connectivity index (χ1v) is 10.9. The van der Waals surface area contributed by atoms with Crippen LogP contribution in [0, 0.1) is 11.6 Å². The van der Waals surface area contributed by atoms with Crippen molar-refractivity contribution in [1.82, 2.24) is 0 Å². The molecule has 2 aromatic rings. The molecule has 2 fully saturated rings. The first kappa shape index (κ1) is 19.5. The molecule has 150 valence electrons. The van der Waals surface area contributed by atoms with Crippen molar-refractivity contribution >= 4 is 0 Å². The van der Waals surface area contributed by atoms with Crippen molar-refractivity contribution in [3.05, 3.63) is 71.3 Å². The van der Waals surface area contributed by atoms with Crippen LogP contribution in [0.5, 0.6) is 0 Å². The lowest BCUT2D eigenvalue weighted by molar-refractivity contribution is -1.03. The third-order valence-corrected chi connectivity index (χ3v) is 6.78. The highest BCUT2D eigenvalue weighted by Crippen LogP contribution is 2.29. The average Bonchev–Trinajstić information content (AvgIpc) is 2.73. The minimum atomic E-state index is -0.209. The highest BCUT2D eigenvalue weighted by Gasteiger charge is 2.34. The van der Waals surface area contributed by atoms with Crippen LogP contribution in [0.25, 0.3) is 0 Å². The molecule has 2 aliphatic rings. The van der Waals surface area contributed by atoms with Crippen LogP contribution >= 0.6 is 0 Å². The molecule has 2 aliphatic heterocycles. The number of quaternary nitrogens is 2. The number of fused-ring (bicyclic) bond motifs is 1. The Balaban J connectivity index is 1.38. The smallest absolute Gasteiger partial charge is 0.137 e. The lowest BCUT2D eigenvalue weighted by Crippen LogP contribution is -3.31. The zero-order chi connectivity index (χ0) is 19.3. The molecule has 3 unspecified atom stereocenters. The monoisotopic (exact) mass is 386 g/mol. The third-order valence-electron chi connectivity index (χ3n) is 6.78. The molecule has 2 heterocycles. The van der Waals surface area contributed by atoms with Gasteiger partial charge < -0.3 is 9.80 Å².